The van der Waals surface area contributed by atoms with E-state index in [2.05, 4.69) is 10.6 Å². The maximum Gasteiger partial charge on any atom is 0.259 e. The molecule has 0 unspecified atom stereocenters. The molecule has 7 nitrogen and oxygen atoms in total. The van der Waals surface area contributed by atoms with Gasteiger partial charge in [0.2, 0.25) is 0 Å². The quantitative estimate of drug-likeness (QED) is 0.783. The van der Waals surface area contributed by atoms with Crippen LogP contribution in [-0.4, -0.2) is 49.9 Å². The van der Waals surface area contributed by atoms with Gasteiger partial charge in [0.15, 0.2) is 6.61 Å². The number of amides is 3. The molecule has 0 saturated heterocycles. The summed E-state index contributed by atoms with van der Waals surface area (Å²) in [6.45, 7) is 2.26. The van der Waals surface area contributed by atoms with Crippen LogP contribution in [0.1, 0.15) is 27.6 Å². The lowest BCUT2D eigenvalue weighted by molar-refractivity contribution is -0.130. The van der Waals surface area contributed by atoms with Gasteiger partial charge in [-0.05, 0) is 43.3 Å². The summed E-state index contributed by atoms with van der Waals surface area (Å²) >= 11 is 0. The first kappa shape index (κ1) is 20.0. The summed E-state index contributed by atoms with van der Waals surface area (Å²) in [5.74, 6) is -0.289. The van der Waals surface area contributed by atoms with Crippen LogP contribution in [0.25, 0.3) is 0 Å². The molecular weight excluding hydrogens is 346 g/mol. The fraction of sp³-hybridized carbons (Fsp3) is 0.250. The van der Waals surface area contributed by atoms with Crippen molar-refractivity contribution in [2.24, 2.45) is 0 Å². The molecule has 0 aromatic heterocycles. The van der Waals surface area contributed by atoms with Crippen LogP contribution in [0.15, 0.2) is 48.5 Å². The zero-order valence-electron chi connectivity index (χ0n) is 15.6. The van der Waals surface area contributed by atoms with Gasteiger partial charge in [0.25, 0.3) is 17.7 Å². The van der Waals surface area contributed by atoms with Crippen LogP contribution in [0, 0.1) is 0 Å². The summed E-state index contributed by atoms with van der Waals surface area (Å²) in [5.41, 5.74) is 1.36. The molecule has 0 atom stereocenters. The lowest BCUT2D eigenvalue weighted by Gasteiger charge is -2.12. The zero-order valence-corrected chi connectivity index (χ0v) is 15.6. The van der Waals surface area contributed by atoms with E-state index >= 15 is 0 Å². The molecular formula is C20H23N3O4. The molecule has 0 aliphatic heterocycles. The Bertz CT molecular complexity index is 833. The van der Waals surface area contributed by atoms with Gasteiger partial charge in [-0.1, -0.05) is 12.1 Å². The van der Waals surface area contributed by atoms with Crippen LogP contribution in [-0.2, 0) is 4.79 Å². The van der Waals surface area contributed by atoms with Crippen LogP contribution >= 0.6 is 0 Å². The summed E-state index contributed by atoms with van der Waals surface area (Å²) < 4.78 is 5.42. The number of hydrogen-bond donors (Lipinski definition) is 2. The van der Waals surface area contributed by atoms with Crippen LogP contribution in [0.3, 0.4) is 0 Å². The lowest BCUT2D eigenvalue weighted by Crippen LogP contribution is -2.27. The van der Waals surface area contributed by atoms with E-state index in [1.54, 1.807) is 62.6 Å². The van der Waals surface area contributed by atoms with E-state index < -0.39 is 0 Å². The van der Waals surface area contributed by atoms with Crippen molar-refractivity contribution in [1.29, 1.82) is 0 Å². The maximum absolute atomic E-state index is 12.5. The maximum atomic E-state index is 12.5. The molecule has 27 heavy (non-hydrogen) atoms. The van der Waals surface area contributed by atoms with Gasteiger partial charge in [0, 0.05) is 37.5 Å². The third-order valence-corrected chi connectivity index (χ3v) is 3.68. The first-order valence-corrected chi connectivity index (χ1v) is 8.53. The van der Waals surface area contributed by atoms with Gasteiger partial charge >= 0.3 is 0 Å². The Morgan fingerprint density at radius 3 is 2.30 bits per heavy atom. The number of nitrogens with zero attached hydrogens (tertiary/aromatic N) is 1. The monoisotopic (exact) mass is 369 g/mol. The summed E-state index contributed by atoms with van der Waals surface area (Å²) in [5, 5.41) is 5.47. The van der Waals surface area contributed by atoms with Gasteiger partial charge < -0.3 is 20.3 Å². The molecule has 0 heterocycles. The molecule has 0 saturated carbocycles. The predicted octanol–water partition coefficient (Wildman–Crippen LogP) is 2.16. The average Bonchev–Trinajstić information content (AvgIpc) is 2.66. The van der Waals surface area contributed by atoms with Crippen molar-refractivity contribution in [3.05, 3.63) is 59.7 Å². The SMILES string of the molecule is CCNC(=O)c1cccc(NC(=O)c2cccc(OCC(=O)N(C)C)c2)c1. The third kappa shape index (κ3) is 5.85. The van der Waals surface area contributed by atoms with Crippen molar-refractivity contribution >= 4 is 23.4 Å². The number of benzene rings is 2. The number of anilines is 1. The van der Waals surface area contributed by atoms with E-state index in [1.165, 1.54) is 4.90 Å². The van der Waals surface area contributed by atoms with E-state index in [-0.39, 0.29) is 24.3 Å². The number of nitrogens with one attached hydrogen (secondary N) is 2. The smallest absolute Gasteiger partial charge is 0.259 e. The van der Waals surface area contributed by atoms with Crippen LogP contribution in [0.2, 0.25) is 0 Å². The van der Waals surface area contributed by atoms with Gasteiger partial charge in [0.1, 0.15) is 5.75 Å². The Kier molecular flexibility index (Phi) is 6.93. The number of carbonyl (C=O) groups is 3. The minimum Gasteiger partial charge on any atom is -0.484 e. The highest BCUT2D eigenvalue weighted by Crippen LogP contribution is 2.16. The van der Waals surface area contributed by atoms with Crippen molar-refractivity contribution < 1.29 is 19.1 Å². The number of likely N-dealkylation sites (N-methyl/N-ethyl adjacent to an activating group) is 1. The number of carbonyl (C=O) groups excluding carboxylic acids is 3. The minimum atomic E-state index is -0.340. The van der Waals surface area contributed by atoms with Crippen molar-refractivity contribution in [3.63, 3.8) is 0 Å². The standard InChI is InChI=1S/C20H23N3O4/c1-4-21-19(25)14-7-5-9-16(11-14)22-20(26)15-8-6-10-17(12-15)27-13-18(24)23(2)3/h5-12H,4,13H2,1-3H3,(H,21,25)(H,22,26). The minimum absolute atomic E-state index is 0.105. The fourth-order valence-electron chi connectivity index (χ4n) is 2.21. The average molecular weight is 369 g/mol. The molecule has 0 fully saturated rings. The molecule has 7 heteroatoms. The Hall–Kier alpha value is -3.35. The molecule has 2 N–H and O–H groups in total. The Balaban J connectivity index is 2.06. The topological polar surface area (TPSA) is 87.7 Å². The van der Waals surface area contributed by atoms with Crippen molar-refractivity contribution in [2.75, 3.05) is 32.6 Å². The second kappa shape index (κ2) is 9.38. The summed E-state index contributed by atoms with van der Waals surface area (Å²) in [6.07, 6.45) is 0. The molecule has 2 aromatic carbocycles. The van der Waals surface area contributed by atoms with E-state index in [4.69, 9.17) is 4.74 Å². The number of hydrogen-bond acceptors (Lipinski definition) is 4. The zero-order chi connectivity index (χ0) is 19.8. The highest BCUT2D eigenvalue weighted by atomic mass is 16.5. The Morgan fingerprint density at radius 2 is 1.63 bits per heavy atom. The molecule has 0 radical (unpaired) electrons. The van der Waals surface area contributed by atoms with Crippen molar-refractivity contribution in [2.45, 2.75) is 6.92 Å². The van der Waals surface area contributed by atoms with Gasteiger partial charge in [-0.2, -0.15) is 0 Å². The number of ether oxygens (including phenoxy) is 1. The summed E-state index contributed by atoms with van der Waals surface area (Å²) in [6, 6.07) is 13.2. The highest BCUT2D eigenvalue weighted by Gasteiger charge is 2.11. The second-order valence-electron chi connectivity index (χ2n) is 6.00. The van der Waals surface area contributed by atoms with Gasteiger partial charge in [-0.15, -0.1) is 0 Å². The first-order chi connectivity index (χ1) is 12.9. The normalized spacial score (nSPS) is 10.0. The molecule has 0 spiro atoms. The molecule has 2 rings (SSSR count). The van der Waals surface area contributed by atoms with E-state index in [0.717, 1.165) is 0 Å². The molecule has 0 aliphatic rings. The van der Waals surface area contributed by atoms with Crippen LogP contribution in [0.5, 0.6) is 5.75 Å². The molecule has 3 amide bonds. The highest BCUT2D eigenvalue weighted by molar-refractivity contribution is 6.05. The van der Waals surface area contributed by atoms with E-state index in [9.17, 15) is 14.4 Å². The second-order valence-corrected chi connectivity index (χ2v) is 6.00. The van der Waals surface area contributed by atoms with Crippen molar-refractivity contribution in [3.8, 4) is 5.75 Å². The van der Waals surface area contributed by atoms with Crippen molar-refractivity contribution in [1.82, 2.24) is 10.2 Å². The molecule has 0 aliphatic carbocycles. The summed E-state index contributed by atoms with van der Waals surface area (Å²) in [7, 11) is 3.29. The fourth-order valence-corrected chi connectivity index (χ4v) is 2.21. The summed E-state index contributed by atoms with van der Waals surface area (Å²) in [4.78, 5) is 37.4. The van der Waals surface area contributed by atoms with Gasteiger partial charge in [0.05, 0.1) is 0 Å². The van der Waals surface area contributed by atoms with E-state index in [1.807, 2.05) is 6.92 Å². The largest absolute Gasteiger partial charge is 0.484 e. The number of rotatable bonds is 7. The molecule has 0 bridgehead atoms. The molecule has 142 valence electrons. The third-order valence-electron chi connectivity index (χ3n) is 3.68. The van der Waals surface area contributed by atoms with E-state index in [0.29, 0.717) is 29.1 Å². The van der Waals surface area contributed by atoms with Crippen LogP contribution in [0.4, 0.5) is 5.69 Å². The molecule has 2 aromatic rings. The van der Waals surface area contributed by atoms with Gasteiger partial charge in [-0.3, -0.25) is 14.4 Å². The first-order valence-electron chi connectivity index (χ1n) is 8.53. The Labute approximate surface area is 158 Å². The van der Waals surface area contributed by atoms with Gasteiger partial charge in [-0.25, -0.2) is 0 Å². The lowest BCUT2D eigenvalue weighted by atomic mass is 10.1. The van der Waals surface area contributed by atoms with Crippen LogP contribution < -0.4 is 15.4 Å². The Morgan fingerprint density at radius 1 is 0.963 bits per heavy atom. The predicted molar refractivity (Wildman–Crippen MR) is 103 cm³/mol.